The van der Waals surface area contributed by atoms with E-state index in [9.17, 15) is 5.11 Å². The van der Waals surface area contributed by atoms with Gasteiger partial charge >= 0.3 is 0 Å². The highest BCUT2D eigenvalue weighted by atomic mass is 35.5. The molecule has 0 saturated carbocycles. The number of halogens is 1. The van der Waals surface area contributed by atoms with Crippen molar-refractivity contribution in [3.05, 3.63) is 34.9 Å². The van der Waals surface area contributed by atoms with Gasteiger partial charge in [-0.25, -0.2) is 0 Å². The number of aliphatic hydroxyl groups excluding tert-OH is 1. The number of hydrogen-bond acceptors (Lipinski definition) is 2. The van der Waals surface area contributed by atoms with Crippen molar-refractivity contribution < 1.29 is 5.11 Å². The van der Waals surface area contributed by atoms with E-state index in [1.165, 1.54) is 0 Å². The first-order chi connectivity index (χ1) is 5.61. The molecule has 0 bridgehead atoms. The predicted molar refractivity (Wildman–Crippen MR) is 50.1 cm³/mol. The topological polar surface area (TPSA) is 23.5 Å². The van der Waals surface area contributed by atoms with Crippen molar-refractivity contribution >= 4 is 11.6 Å². The highest BCUT2D eigenvalue weighted by Crippen LogP contribution is 2.17. The SMILES string of the molecule is CN(C)C(O)c1ccc(Cl)cc1. The van der Waals surface area contributed by atoms with E-state index in [-0.39, 0.29) is 0 Å². The summed E-state index contributed by atoms with van der Waals surface area (Å²) in [6, 6.07) is 7.16. The van der Waals surface area contributed by atoms with Crippen LogP contribution < -0.4 is 0 Å². The second-order valence-corrected chi connectivity index (χ2v) is 3.33. The lowest BCUT2D eigenvalue weighted by Gasteiger charge is -2.18. The predicted octanol–water partition coefficient (Wildman–Crippen LogP) is 1.89. The highest BCUT2D eigenvalue weighted by molar-refractivity contribution is 6.30. The van der Waals surface area contributed by atoms with Gasteiger partial charge in [-0.1, -0.05) is 23.7 Å². The van der Waals surface area contributed by atoms with Crippen LogP contribution in [0.2, 0.25) is 5.02 Å². The smallest absolute Gasteiger partial charge is 0.133 e. The van der Waals surface area contributed by atoms with E-state index in [0.29, 0.717) is 5.02 Å². The third-order valence-electron chi connectivity index (χ3n) is 1.66. The van der Waals surface area contributed by atoms with Crippen LogP contribution in [0.15, 0.2) is 24.3 Å². The molecule has 2 nitrogen and oxygen atoms in total. The Kier molecular flexibility index (Phi) is 3.09. The summed E-state index contributed by atoms with van der Waals surface area (Å²) in [6.45, 7) is 0. The lowest BCUT2D eigenvalue weighted by atomic mass is 10.2. The van der Waals surface area contributed by atoms with Gasteiger partial charge in [0.1, 0.15) is 6.23 Å². The molecular formula is C9H12ClNO. The van der Waals surface area contributed by atoms with E-state index < -0.39 is 6.23 Å². The van der Waals surface area contributed by atoms with Crippen LogP contribution >= 0.6 is 11.6 Å². The Morgan fingerprint density at radius 3 is 2.17 bits per heavy atom. The summed E-state index contributed by atoms with van der Waals surface area (Å²) in [6.07, 6.45) is -0.553. The van der Waals surface area contributed by atoms with Crippen molar-refractivity contribution in [3.8, 4) is 0 Å². The molecule has 0 aromatic heterocycles. The molecule has 0 fully saturated rings. The maximum atomic E-state index is 9.57. The molecule has 0 spiro atoms. The third kappa shape index (κ3) is 2.21. The van der Waals surface area contributed by atoms with Gasteiger partial charge in [-0.3, -0.25) is 4.90 Å². The number of benzene rings is 1. The molecule has 0 aliphatic carbocycles. The fourth-order valence-electron chi connectivity index (χ4n) is 0.933. The normalized spacial score (nSPS) is 13.4. The van der Waals surface area contributed by atoms with Crippen molar-refractivity contribution in [1.29, 1.82) is 0 Å². The van der Waals surface area contributed by atoms with Crippen LogP contribution in [0.4, 0.5) is 0 Å². The van der Waals surface area contributed by atoms with Crippen LogP contribution in [-0.4, -0.2) is 24.1 Å². The van der Waals surface area contributed by atoms with E-state index in [2.05, 4.69) is 0 Å². The zero-order valence-corrected chi connectivity index (χ0v) is 7.92. The second-order valence-electron chi connectivity index (χ2n) is 2.89. The Labute approximate surface area is 77.4 Å². The van der Waals surface area contributed by atoms with Crippen molar-refractivity contribution in [2.24, 2.45) is 0 Å². The molecule has 0 aliphatic rings. The van der Waals surface area contributed by atoms with Crippen LogP contribution in [0.5, 0.6) is 0 Å². The molecule has 1 aromatic carbocycles. The summed E-state index contributed by atoms with van der Waals surface area (Å²) in [5.41, 5.74) is 0.851. The third-order valence-corrected chi connectivity index (χ3v) is 1.91. The fourth-order valence-corrected chi connectivity index (χ4v) is 1.06. The molecule has 1 N–H and O–H groups in total. The Balaban J connectivity index is 2.82. The van der Waals surface area contributed by atoms with Gasteiger partial charge in [0.05, 0.1) is 0 Å². The average Bonchev–Trinajstić information content (AvgIpc) is 2.04. The van der Waals surface area contributed by atoms with Gasteiger partial charge in [0.2, 0.25) is 0 Å². The minimum Gasteiger partial charge on any atom is -0.374 e. The summed E-state index contributed by atoms with van der Waals surface area (Å²) in [5, 5.41) is 10.3. The van der Waals surface area contributed by atoms with E-state index in [4.69, 9.17) is 11.6 Å². The first-order valence-electron chi connectivity index (χ1n) is 3.71. The van der Waals surface area contributed by atoms with Gasteiger partial charge in [-0.15, -0.1) is 0 Å². The highest BCUT2D eigenvalue weighted by Gasteiger charge is 2.08. The molecule has 1 unspecified atom stereocenters. The average molecular weight is 186 g/mol. The number of rotatable bonds is 2. The summed E-state index contributed by atoms with van der Waals surface area (Å²) in [7, 11) is 3.64. The summed E-state index contributed by atoms with van der Waals surface area (Å²) in [4.78, 5) is 1.73. The van der Waals surface area contributed by atoms with Gasteiger partial charge < -0.3 is 5.11 Å². The zero-order chi connectivity index (χ0) is 9.14. The molecule has 1 atom stereocenters. The van der Waals surface area contributed by atoms with Gasteiger partial charge in [0, 0.05) is 5.02 Å². The van der Waals surface area contributed by atoms with Crippen LogP contribution in [0.25, 0.3) is 0 Å². The van der Waals surface area contributed by atoms with E-state index in [0.717, 1.165) is 5.56 Å². The van der Waals surface area contributed by atoms with Gasteiger partial charge in [-0.2, -0.15) is 0 Å². The maximum absolute atomic E-state index is 9.57. The Hall–Kier alpha value is -0.570. The Morgan fingerprint density at radius 2 is 1.75 bits per heavy atom. The Bertz CT molecular complexity index is 245. The molecule has 12 heavy (non-hydrogen) atoms. The second kappa shape index (κ2) is 3.90. The quantitative estimate of drug-likeness (QED) is 0.712. The minimum absolute atomic E-state index is 0.553. The molecule has 0 heterocycles. The fraction of sp³-hybridized carbons (Fsp3) is 0.333. The Morgan fingerprint density at radius 1 is 1.25 bits per heavy atom. The lowest BCUT2D eigenvalue weighted by Crippen LogP contribution is -2.18. The van der Waals surface area contributed by atoms with Crippen LogP contribution in [-0.2, 0) is 0 Å². The van der Waals surface area contributed by atoms with Crippen molar-refractivity contribution in [1.82, 2.24) is 4.90 Å². The van der Waals surface area contributed by atoms with Crippen LogP contribution in [0.3, 0.4) is 0 Å². The monoisotopic (exact) mass is 185 g/mol. The molecular weight excluding hydrogens is 174 g/mol. The minimum atomic E-state index is -0.553. The van der Waals surface area contributed by atoms with Crippen LogP contribution in [0.1, 0.15) is 11.8 Å². The van der Waals surface area contributed by atoms with Gasteiger partial charge in [0.15, 0.2) is 0 Å². The van der Waals surface area contributed by atoms with Crippen LogP contribution in [0, 0.1) is 0 Å². The molecule has 1 aromatic rings. The van der Waals surface area contributed by atoms with E-state index in [1.54, 1.807) is 17.0 Å². The first kappa shape index (κ1) is 9.52. The number of nitrogens with zero attached hydrogens (tertiary/aromatic N) is 1. The zero-order valence-electron chi connectivity index (χ0n) is 7.16. The summed E-state index contributed by atoms with van der Waals surface area (Å²) in [5.74, 6) is 0. The molecule has 0 saturated heterocycles. The molecule has 0 aliphatic heterocycles. The van der Waals surface area contributed by atoms with Crippen molar-refractivity contribution in [2.75, 3.05) is 14.1 Å². The standard InChI is InChI=1S/C9H12ClNO/c1-11(2)9(12)7-3-5-8(10)6-4-7/h3-6,9,12H,1-2H3. The molecule has 0 amide bonds. The summed E-state index contributed by atoms with van der Waals surface area (Å²) < 4.78 is 0. The van der Waals surface area contributed by atoms with Gasteiger partial charge in [-0.05, 0) is 31.8 Å². The largest absolute Gasteiger partial charge is 0.374 e. The van der Waals surface area contributed by atoms with E-state index >= 15 is 0 Å². The first-order valence-corrected chi connectivity index (χ1v) is 4.09. The van der Waals surface area contributed by atoms with E-state index in [1.807, 2.05) is 26.2 Å². The van der Waals surface area contributed by atoms with Crippen molar-refractivity contribution in [3.63, 3.8) is 0 Å². The lowest BCUT2D eigenvalue weighted by molar-refractivity contribution is 0.0395. The number of aliphatic hydroxyl groups is 1. The number of hydrogen-bond donors (Lipinski definition) is 1. The molecule has 3 heteroatoms. The summed E-state index contributed by atoms with van der Waals surface area (Å²) >= 11 is 5.70. The molecule has 0 radical (unpaired) electrons. The maximum Gasteiger partial charge on any atom is 0.133 e. The van der Waals surface area contributed by atoms with Crippen molar-refractivity contribution in [2.45, 2.75) is 6.23 Å². The molecule has 1 rings (SSSR count). The van der Waals surface area contributed by atoms with Gasteiger partial charge in [0.25, 0.3) is 0 Å². The molecule has 66 valence electrons.